The van der Waals surface area contributed by atoms with Crippen LogP contribution in [0.3, 0.4) is 0 Å². The van der Waals surface area contributed by atoms with Crippen molar-refractivity contribution in [1.82, 2.24) is 0 Å². The summed E-state index contributed by atoms with van der Waals surface area (Å²) in [5.41, 5.74) is 8.23. The molecule has 2 N–H and O–H groups in total. The van der Waals surface area contributed by atoms with Gasteiger partial charge in [0.15, 0.2) is 0 Å². The van der Waals surface area contributed by atoms with Gasteiger partial charge in [-0.1, -0.05) is 32.4 Å². The first kappa shape index (κ1) is 13.0. The zero-order valence-electron chi connectivity index (χ0n) is 10.8. The lowest BCUT2D eigenvalue weighted by atomic mass is 10.1. The van der Waals surface area contributed by atoms with Crippen molar-refractivity contribution in [2.24, 2.45) is 11.7 Å². The average Bonchev–Trinajstić information content (AvgIpc) is 2.25. The summed E-state index contributed by atoms with van der Waals surface area (Å²) in [4.78, 5) is 0. The second kappa shape index (κ2) is 5.90. The van der Waals surface area contributed by atoms with Crippen LogP contribution in [0.4, 0.5) is 0 Å². The summed E-state index contributed by atoms with van der Waals surface area (Å²) < 4.78 is 5.85. The highest BCUT2D eigenvalue weighted by Gasteiger charge is 2.09. The molecule has 1 aromatic carbocycles. The summed E-state index contributed by atoms with van der Waals surface area (Å²) in [6.07, 6.45) is 1.14. The van der Waals surface area contributed by atoms with Crippen molar-refractivity contribution < 1.29 is 4.74 Å². The Hall–Kier alpha value is -1.02. The van der Waals surface area contributed by atoms with Gasteiger partial charge in [-0.3, -0.25) is 0 Å². The molecular formula is C14H23NO. The van der Waals surface area contributed by atoms with Crippen LogP contribution in [0.15, 0.2) is 18.2 Å². The van der Waals surface area contributed by atoms with Gasteiger partial charge in [0.25, 0.3) is 0 Å². The molecule has 0 saturated heterocycles. The highest BCUT2D eigenvalue weighted by molar-refractivity contribution is 5.38. The van der Waals surface area contributed by atoms with Crippen molar-refractivity contribution in [2.45, 2.75) is 40.2 Å². The third-order valence-electron chi connectivity index (χ3n) is 2.88. The van der Waals surface area contributed by atoms with Gasteiger partial charge < -0.3 is 10.5 Å². The molecule has 1 aromatic rings. The molecule has 16 heavy (non-hydrogen) atoms. The number of hydrogen-bond acceptors (Lipinski definition) is 2. The first-order chi connectivity index (χ1) is 7.54. The van der Waals surface area contributed by atoms with Gasteiger partial charge in [0.2, 0.25) is 0 Å². The number of aryl methyl sites for hydroxylation is 1. The number of hydrogen-bond donors (Lipinski definition) is 1. The van der Waals surface area contributed by atoms with Crippen molar-refractivity contribution in [3.8, 4) is 5.75 Å². The van der Waals surface area contributed by atoms with E-state index < -0.39 is 0 Å². The number of nitrogens with two attached hydrogens (primary N) is 1. The summed E-state index contributed by atoms with van der Waals surface area (Å²) in [5.74, 6) is 1.52. The van der Waals surface area contributed by atoms with Gasteiger partial charge in [0.05, 0.1) is 6.61 Å². The summed E-state index contributed by atoms with van der Waals surface area (Å²) in [6, 6.07) is 6.23. The summed E-state index contributed by atoms with van der Waals surface area (Å²) in [5, 5.41) is 0. The maximum absolute atomic E-state index is 5.92. The Kier molecular flexibility index (Phi) is 4.81. The Balaban J connectivity index is 2.80. The van der Waals surface area contributed by atoms with Crippen LogP contribution in [0.1, 0.15) is 44.4 Å². The molecule has 1 rings (SSSR count). The number of ether oxygens (including phenoxy) is 1. The first-order valence-electron chi connectivity index (χ1n) is 6.03. The van der Waals surface area contributed by atoms with Gasteiger partial charge in [-0.05, 0) is 31.4 Å². The molecule has 0 bridgehead atoms. The fourth-order valence-corrected chi connectivity index (χ4v) is 1.49. The van der Waals surface area contributed by atoms with Crippen molar-refractivity contribution in [3.63, 3.8) is 0 Å². The largest absolute Gasteiger partial charge is 0.493 e. The van der Waals surface area contributed by atoms with Crippen molar-refractivity contribution in [2.75, 3.05) is 6.61 Å². The van der Waals surface area contributed by atoms with Crippen LogP contribution in [-0.2, 0) is 0 Å². The highest BCUT2D eigenvalue weighted by Crippen LogP contribution is 2.25. The lowest BCUT2D eigenvalue weighted by Crippen LogP contribution is -2.12. The monoisotopic (exact) mass is 221 g/mol. The maximum Gasteiger partial charge on any atom is 0.124 e. The van der Waals surface area contributed by atoms with E-state index in [1.807, 2.05) is 6.92 Å². The highest BCUT2D eigenvalue weighted by atomic mass is 16.5. The second-order valence-corrected chi connectivity index (χ2v) is 4.65. The fourth-order valence-electron chi connectivity index (χ4n) is 1.49. The van der Waals surface area contributed by atoms with E-state index in [1.165, 1.54) is 5.56 Å². The molecule has 0 amide bonds. The van der Waals surface area contributed by atoms with Crippen LogP contribution in [0, 0.1) is 12.8 Å². The zero-order valence-corrected chi connectivity index (χ0v) is 10.8. The van der Waals surface area contributed by atoms with Gasteiger partial charge in [0.1, 0.15) is 5.75 Å². The molecule has 0 aliphatic rings. The van der Waals surface area contributed by atoms with Crippen molar-refractivity contribution in [3.05, 3.63) is 29.3 Å². The van der Waals surface area contributed by atoms with Crippen LogP contribution in [-0.4, -0.2) is 6.61 Å². The Morgan fingerprint density at radius 2 is 2.00 bits per heavy atom. The van der Waals surface area contributed by atoms with Gasteiger partial charge in [-0.2, -0.15) is 0 Å². The zero-order chi connectivity index (χ0) is 12.1. The average molecular weight is 221 g/mol. The molecule has 0 fully saturated rings. The Morgan fingerprint density at radius 3 is 2.56 bits per heavy atom. The molecule has 90 valence electrons. The SMILES string of the molecule is CCC(C)COc1cc(C)ccc1C(C)N. The van der Waals surface area contributed by atoms with Crippen molar-refractivity contribution in [1.29, 1.82) is 0 Å². The van der Waals surface area contributed by atoms with E-state index in [2.05, 4.69) is 39.0 Å². The normalized spacial score (nSPS) is 14.6. The molecule has 2 unspecified atom stereocenters. The van der Waals surface area contributed by atoms with E-state index in [-0.39, 0.29) is 6.04 Å². The molecule has 0 aliphatic heterocycles. The molecule has 0 aromatic heterocycles. The molecule has 0 heterocycles. The Labute approximate surface area is 98.8 Å². The molecule has 0 aliphatic carbocycles. The molecule has 2 nitrogen and oxygen atoms in total. The van der Waals surface area contributed by atoms with Crippen LogP contribution in [0.25, 0.3) is 0 Å². The minimum absolute atomic E-state index is 0.0209. The number of rotatable bonds is 5. The predicted molar refractivity (Wildman–Crippen MR) is 68.7 cm³/mol. The smallest absolute Gasteiger partial charge is 0.124 e. The van der Waals surface area contributed by atoms with E-state index in [0.717, 1.165) is 24.3 Å². The maximum atomic E-state index is 5.92. The van der Waals surface area contributed by atoms with E-state index in [4.69, 9.17) is 10.5 Å². The van der Waals surface area contributed by atoms with E-state index in [9.17, 15) is 0 Å². The van der Waals surface area contributed by atoms with Gasteiger partial charge >= 0.3 is 0 Å². The molecular weight excluding hydrogens is 198 g/mol. The standard InChI is InChI=1S/C14H23NO/c1-5-10(2)9-16-14-8-11(3)6-7-13(14)12(4)15/h6-8,10,12H,5,9,15H2,1-4H3. The van der Waals surface area contributed by atoms with Gasteiger partial charge in [-0.25, -0.2) is 0 Å². The minimum Gasteiger partial charge on any atom is -0.493 e. The van der Waals surface area contributed by atoms with Gasteiger partial charge in [-0.15, -0.1) is 0 Å². The third-order valence-corrected chi connectivity index (χ3v) is 2.88. The van der Waals surface area contributed by atoms with E-state index in [1.54, 1.807) is 0 Å². The molecule has 2 atom stereocenters. The molecule has 0 saturated carbocycles. The summed E-state index contributed by atoms with van der Waals surface area (Å²) >= 11 is 0. The second-order valence-electron chi connectivity index (χ2n) is 4.65. The molecule has 0 spiro atoms. The fraction of sp³-hybridized carbons (Fsp3) is 0.571. The topological polar surface area (TPSA) is 35.2 Å². The third kappa shape index (κ3) is 3.53. The molecule has 0 radical (unpaired) electrons. The quantitative estimate of drug-likeness (QED) is 0.826. The number of benzene rings is 1. The van der Waals surface area contributed by atoms with Crippen LogP contribution >= 0.6 is 0 Å². The van der Waals surface area contributed by atoms with Crippen LogP contribution in [0.5, 0.6) is 5.75 Å². The lowest BCUT2D eigenvalue weighted by Gasteiger charge is -2.17. The first-order valence-corrected chi connectivity index (χ1v) is 6.03. The van der Waals surface area contributed by atoms with E-state index >= 15 is 0 Å². The Bertz CT molecular complexity index is 334. The minimum atomic E-state index is 0.0209. The summed E-state index contributed by atoms with van der Waals surface area (Å²) in [7, 11) is 0. The lowest BCUT2D eigenvalue weighted by molar-refractivity contribution is 0.253. The van der Waals surface area contributed by atoms with Crippen LogP contribution in [0.2, 0.25) is 0 Å². The van der Waals surface area contributed by atoms with E-state index in [0.29, 0.717) is 5.92 Å². The Morgan fingerprint density at radius 1 is 1.31 bits per heavy atom. The van der Waals surface area contributed by atoms with Gasteiger partial charge in [0, 0.05) is 11.6 Å². The molecule has 2 heteroatoms. The van der Waals surface area contributed by atoms with Crippen LogP contribution < -0.4 is 10.5 Å². The summed E-state index contributed by atoms with van der Waals surface area (Å²) in [6.45, 7) is 9.19. The predicted octanol–water partition coefficient (Wildman–Crippen LogP) is 3.44. The van der Waals surface area contributed by atoms with Crippen molar-refractivity contribution >= 4 is 0 Å².